The summed E-state index contributed by atoms with van der Waals surface area (Å²) in [5, 5.41) is 4.01. The molecule has 7 heteroatoms. The van der Waals surface area contributed by atoms with Crippen LogP contribution >= 0.6 is 0 Å². The predicted octanol–water partition coefficient (Wildman–Crippen LogP) is 0.891. The van der Waals surface area contributed by atoms with Gasteiger partial charge in [0.15, 0.2) is 0 Å². The smallest absolute Gasteiger partial charge is 0.321 e. The van der Waals surface area contributed by atoms with E-state index in [0.717, 1.165) is 32.4 Å². The van der Waals surface area contributed by atoms with Gasteiger partial charge >= 0.3 is 5.97 Å². The van der Waals surface area contributed by atoms with Crippen LogP contribution < -0.4 is 4.90 Å². The summed E-state index contributed by atoms with van der Waals surface area (Å²) in [6.45, 7) is 4.97. The normalized spacial score (nSPS) is 21.4. The van der Waals surface area contributed by atoms with Gasteiger partial charge in [0.25, 0.3) is 5.95 Å². The SMILES string of the molecule is CCOC(=O)C1(c2nc(N3CCOCC3)no2)CCC1. The molecule has 0 N–H and O–H groups in total. The van der Waals surface area contributed by atoms with Crippen LogP contribution in [0.3, 0.4) is 0 Å². The van der Waals surface area contributed by atoms with E-state index in [1.807, 2.05) is 4.90 Å². The van der Waals surface area contributed by atoms with Crippen LogP contribution in [0.5, 0.6) is 0 Å². The summed E-state index contributed by atoms with van der Waals surface area (Å²) >= 11 is 0. The van der Waals surface area contributed by atoms with Crippen molar-refractivity contribution in [3.8, 4) is 0 Å². The number of carbonyl (C=O) groups is 1. The van der Waals surface area contributed by atoms with E-state index < -0.39 is 5.41 Å². The molecule has 1 saturated heterocycles. The fourth-order valence-electron chi connectivity index (χ4n) is 2.61. The van der Waals surface area contributed by atoms with Crippen molar-refractivity contribution >= 4 is 11.9 Å². The molecule has 20 heavy (non-hydrogen) atoms. The summed E-state index contributed by atoms with van der Waals surface area (Å²) in [7, 11) is 0. The molecule has 0 unspecified atom stereocenters. The number of hydrogen-bond donors (Lipinski definition) is 0. The fourth-order valence-corrected chi connectivity index (χ4v) is 2.61. The van der Waals surface area contributed by atoms with Crippen molar-refractivity contribution in [1.29, 1.82) is 0 Å². The lowest BCUT2D eigenvalue weighted by Crippen LogP contribution is -2.44. The Kier molecular flexibility index (Phi) is 3.60. The van der Waals surface area contributed by atoms with E-state index in [1.165, 1.54) is 0 Å². The lowest BCUT2D eigenvalue weighted by molar-refractivity contribution is -0.155. The molecule has 0 amide bonds. The summed E-state index contributed by atoms with van der Waals surface area (Å²) in [5.74, 6) is 0.686. The molecule has 110 valence electrons. The van der Waals surface area contributed by atoms with Gasteiger partial charge in [-0.25, -0.2) is 0 Å². The second-order valence-corrected chi connectivity index (χ2v) is 5.16. The molecule has 0 atom stereocenters. The van der Waals surface area contributed by atoms with Gasteiger partial charge in [-0.15, -0.1) is 0 Å². The first kappa shape index (κ1) is 13.4. The van der Waals surface area contributed by atoms with Crippen molar-refractivity contribution in [2.75, 3.05) is 37.8 Å². The van der Waals surface area contributed by atoms with E-state index in [9.17, 15) is 4.79 Å². The topological polar surface area (TPSA) is 77.7 Å². The van der Waals surface area contributed by atoms with Crippen LogP contribution in [0, 0.1) is 0 Å². The minimum Gasteiger partial charge on any atom is -0.465 e. The Morgan fingerprint density at radius 2 is 2.15 bits per heavy atom. The Balaban J connectivity index is 1.79. The highest BCUT2D eigenvalue weighted by atomic mass is 16.5. The van der Waals surface area contributed by atoms with Crippen LogP contribution in [0.1, 0.15) is 32.1 Å². The first-order valence-electron chi connectivity index (χ1n) is 7.10. The Morgan fingerprint density at radius 3 is 2.75 bits per heavy atom. The first-order chi connectivity index (χ1) is 9.76. The average molecular weight is 281 g/mol. The number of ether oxygens (including phenoxy) is 2. The molecule has 7 nitrogen and oxygen atoms in total. The molecule has 1 aliphatic carbocycles. The highest BCUT2D eigenvalue weighted by molar-refractivity contribution is 5.83. The molecule has 1 aliphatic heterocycles. The highest BCUT2D eigenvalue weighted by Crippen LogP contribution is 2.44. The lowest BCUT2D eigenvalue weighted by atomic mass is 9.68. The Hall–Kier alpha value is -1.63. The molecule has 2 heterocycles. The number of anilines is 1. The molecule has 2 aliphatic rings. The molecular formula is C13H19N3O4. The maximum atomic E-state index is 12.1. The summed E-state index contributed by atoms with van der Waals surface area (Å²) in [6, 6.07) is 0. The maximum Gasteiger partial charge on any atom is 0.321 e. The third-order valence-corrected chi connectivity index (χ3v) is 3.99. The molecule has 0 radical (unpaired) electrons. The van der Waals surface area contributed by atoms with E-state index >= 15 is 0 Å². The quantitative estimate of drug-likeness (QED) is 0.758. The zero-order valence-corrected chi connectivity index (χ0v) is 11.6. The van der Waals surface area contributed by atoms with Crippen LogP contribution in [0.15, 0.2) is 4.52 Å². The molecule has 2 fully saturated rings. The number of rotatable bonds is 4. The molecule has 1 aromatic rings. The van der Waals surface area contributed by atoms with Gasteiger partial charge in [0.05, 0.1) is 19.8 Å². The van der Waals surface area contributed by atoms with Crippen molar-refractivity contribution in [2.24, 2.45) is 0 Å². The molecule has 0 aromatic carbocycles. The third-order valence-electron chi connectivity index (χ3n) is 3.99. The van der Waals surface area contributed by atoms with E-state index in [2.05, 4.69) is 10.1 Å². The van der Waals surface area contributed by atoms with Crippen LogP contribution in [-0.2, 0) is 19.7 Å². The summed E-state index contributed by atoms with van der Waals surface area (Å²) < 4.78 is 15.8. The molecule has 3 rings (SSSR count). The Bertz CT molecular complexity index is 478. The minimum absolute atomic E-state index is 0.247. The van der Waals surface area contributed by atoms with Gasteiger partial charge in [-0.05, 0) is 24.9 Å². The number of esters is 1. The number of hydrogen-bond acceptors (Lipinski definition) is 7. The van der Waals surface area contributed by atoms with E-state index in [0.29, 0.717) is 31.7 Å². The van der Waals surface area contributed by atoms with E-state index in [1.54, 1.807) is 6.92 Å². The molecule has 1 saturated carbocycles. The van der Waals surface area contributed by atoms with Crippen molar-refractivity contribution in [3.63, 3.8) is 0 Å². The van der Waals surface area contributed by atoms with Gasteiger partial charge < -0.3 is 18.9 Å². The summed E-state index contributed by atoms with van der Waals surface area (Å²) in [6.07, 6.45) is 2.42. The second-order valence-electron chi connectivity index (χ2n) is 5.16. The third kappa shape index (κ3) is 2.15. The maximum absolute atomic E-state index is 12.1. The summed E-state index contributed by atoms with van der Waals surface area (Å²) in [4.78, 5) is 18.6. The van der Waals surface area contributed by atoms with Crippen molar-refractivity contribution in [2.45, 2.75) is 31.6 Å². The van der Waals surface area contributed by atoms with Gasteiger partial charge in [0, 0.05) is 13.1 Å². The predicted molar refractivity (Wildman–Crippen MR) is 69.5 cm³/mol. The van der Waals surface area contributed by atoms with Crippen LogP contribution in [0.2, 0.25) is 0 Å². The Labute approximate surface area is 117 Å². The second kappa shape index (κ2) is 5.40. The molecular weight excluding hydrogens is 262 g/mol. The zero-order valence-electron chi connectivity index (χ0n) is 11.6. The number of morpholine rings is 1. The number of carbonyl (C=O) groups excluding carboxylic acids is 1. The largest absolute Gasteiger partial charge is 0.465 e. The first-order valence-corrected chi connectivity index (χ1v) is 7.10. The standard InChI is InChI=1S/C13H19N3O4/c1-2-19-11(17)13(4-3-5-13)10-14-12(15-20-10)16-6-8-18-9-7-16/h2-9H2,1H3. The monoisotopic (exact) mass is 281 g/mol. The summed E-state index contributed by atoms with van der Waals surface area (Å²) in [5.41, 5.74) is -0.715. The van der Waals surface area contributed by atoms with Crippen LogP contribution in [0.4, 0.5) is 5.95 Å². The van der Waals surface area contributed by atoms with Gasteiger partial charge in [-0.2, -0.15) is 4.98 Å². The van der Waals surface area contributed by atoms with Crippen molar-refractivity contribution in [3.05, 3.63) is 5.89 Å². The van der Waals surface area contributed by atoms with Gasteiger partial charge in [0.2, 0.25) is 5.89 Å². The Morgan fingerprint density at radius 1 is 1.40 bits per heavy atom. The van der Waals surface area contributed by atoms with Crippen LogP contribution in [0.25, 0.3) is 0 Å². The lowest BCUT2D eigenvalue weighted by Gasteiger charge is -2.35. The number of aromatic nitrogens is 2. The number of nitrogens with zero attached hydrogens (tertiary/aromatic N) is 3. The van der Waals surface area contributed by atoms with Crippen LogP contribution in [-0.4, -0.2) is 49.0 Å². The minimum atomic E-state index is -0.715. The van der Waals surface area contributed by atoms with Gasteiger partial charge in [-0.1, -0.05) is 6.42 Å². The van der Waals surface area contributed by atoms with Crippen molar-refractivity contribution in [1.82, 2.24) is 10.1 Å². The van der Waals surface area contributed by atoms with Gasteiger partial charge in [0.1, 0.15) is 5.41 Å². The average Bonchev–Trinajstić information content (AvgIpc) is 2.89. The molecule has 1 aromatic heterocycles. The van der Waals surface area contributed by atoms with E-state index in [-0.39, 0.29) is 5.97 Å². The highest BCUT2D eigenvalue weighted by Gasteiger charge is 2.52. The molecule has 0 spiro atoms. The van der Waals surface area contributed by atoms with Crippen molar-refractivity contribution < 1.29 is 18.8 Å². The fraction of sp³-hybridized carbons (Fsp3) is 0.769. The zero-order chi connectivity index (χ0) is 14.0. The van der Waals surface area contributed by atoms with E-state index in [4.69, 9.17) is 14.0 Å². The van der Waals surface area contributed by atoms with Gasteiger partial charge in [-0.3, -0.25) is 4.79 Å². The molecule has 0 bridgehead atoms.